The number of rotatable bonds is 4. The van der Waals surface area contributed by atoms with Gasteiger partial charge in [0.25, 0.3) is 5.91 Å². The van der Waals surface area contributed by atoms with Crippen molar-refractivity contribution in [2.45, 2.75) is 31.9 Å². The van der Waals surface area contributed by atoms with E-state index in [4.69, 9.17) is 9.15 Å². The summed E-state index contributed by atoms with van der Waals surface area (Å²) in [5, 5.41) is 7.99. The third-order valence-electron chi connectivity index (χ3n) is 5.54. The number of fused-ring (bicyclic) bond motifs is 1. The molecule has 2 aromatic carbocycles. The molecule has 31 heavy (non-hydrogen) atoms. The maximum atomic E-state index is 14.6. The summed E-state index contributed by atoms with van der Waals surface area (Å²) in [5.74, 6) is -0.865. The molecule has 0 bridgehead atoms. The molecule has 1 fully saturated rings. The van der Waals surface area contributed by atoms with Gasteiger partial charge in [-0.25, -0.2) is 4.39 Å². The van der Waals surface area contributed by atoms with Crippen molar-refractivity contribution in [1.82, 2.24) is 24.9 Å². The lowest BCUT2D eigenvalue weighted by molar-refractivity contribution is 0.0179. The van der Waals surface area contributed by atoms with Crippen molar-refractivity contribution in [3.63, 3.8) is 0 Å². The Morgan fingerprint density at radius 3 is 2.77 bits per heavy atom. The summed E-state index contributed by atoms with van der Waals surface area (Å²) in [4.78, 5) is 20.6. The van der Waals surface area contributed by atoms with Crippen molar-refractivity contribution in [2.24, 2.45) is 0 Å². The molecule has 0 spiro atoms. The fourth-order valence-electron chi connectivity index (χ4n) is 3.96. The van der Waals surface area contributed by atoms with E-state index in [9.17, 15) is 9.18 Å². The molecule has 2 atom stereocenters. The fourth-order valence-corrected chi connectivity index (χ4v) is 3.96. The van der Waals surface area contributed by atoms with Gasteiger partial charge >= 0.3 is 6.08 Å². The molecule has 0 unspecified atom stereocenters. The molecule has 1 amide bonds. The van der Waals surface area contributed by atoms with Gasteiger partial charge in [0.2, 0.25) is 0 Å². The molecule has 1 aliphatic heterocycles. The van der Waals surface area contributed by atoms with Gasteiger partial charge in [0, 0.05) is 6.54 Å². The number of carbonyl (C=O) groups excluding carboxylic acids is 1. The number of ether oxygens (including phenoxy) is 1. The molecule has 0 radical (unpaired) electrons. The van der Waals surface area contributed by atoms with Gasteiger partial charge in [-0.15, -0.1) is 4.80 Å². The van der Waals surface area contributed by atoms with Crippen molar-refractivity contribution < 1.29 is 18.3 Å². The molecule has 2 aromatic heterocycles. The zero-order valence-corrected chi connectivity index (χ0v) is 16.8. The molecule has 3 heterocycles. The molecule has 8 nitrogen and oxygen atoms in total. The molecular weight excluding hydrogens is 401 g/mol. The number of nitrogens with zero attached hydrogens (tertiary/aromatic N) is 5. The standard InChI is InChI=1S/C22H20FN5O3/c1-14-18(30-22-26-17-8-2-3-9-19(17)31-22)10-5-13-27(14)21(29)15-6-4-7-16(23)20(15)28-24-11-12-25-28/h2-4,6-9,11-12,14,18H,5,10,13H2,1H3/t14-,18+/m0/s1. The average Bonchev–Trinajstić information content (AvgIpc) is 3.44. The monoisotopic (exact) mass is 421 g/mol. The summed E-state index contributed by atoms with van der Waals surface area (Å²) in [6, 6.07) is 11.5. The lowest BCUT2D eigenvalue weighted by Gasteiger charge is -2.38. The van der Waals surface area contributed by atoms with Crippen molar-refractivity contribution in [2.75, 3.05) is 6.54 Å². The Bertz CT molecular complexity index is 1190. The van der Waals surface area contributed by atoms with E-state index in [2.05, 4.69) is 15.2 Å². The van der Waals surface area contributed by atoms with Gasteiger partial charge < -0.3 is 14.1 Å². The predicted octanol–water partition coefficient (Wildman–Crippen LogP) is 3.62. The summed E-state index contributed by atoms with van der Waals surface area (Å²) in [6.07, 6.45) is 4.25. The minimum atomic E-state index is -0.564. The number of benzene rings is 2. The Hall–Kier alpha value is -3.75. The number of oxazole rings is 1. The van der Waals surface area contributed by atoms with Gasteiger partial charge in [-0.2, -0.15) is 15.2 Å². The highest BCUT2D eigenvalue weighted by Crippen LogP contribution is 2.28. The third-order valence-corrected chi connectivity index (χ3v) is 5.54. The summed E-state index contributed by atoms with van der Waals surface area (Å²) in [5.41, 5.74) is 1.59. The zero-order chi connectivity index (χ0) is 21.4. The highest BCUT2D eigenvalue weighted by Gasteiger charge is 2.35. The number of hydrogen-bond acceptors (Lipinski definition) is 6. The van der Waals surface area contributed by atoms with Crippen LogP contribution < -0.4 is 4.74 Å². The van der Waals surface area contributed by atoms with E-state index >= 15 is 0 Å². The second-order valence-corrected chi connectivity index (χ2v) is 7.44. The van der Waals surface area contributed by atoms with Crippen LogP contribution in [0.3, 0.4) is 0 Å². The van der Waals surface area contributed by atoms with Gasteiger partial charge in [0.05, 0.1) is 24.0 Å². The smallest absolute Gasteiger partial charge is 0.394 e. The van der Waals surface area contributed by atoms with Crippen molar-refractivity contribution >= 4 is 17.0 Å². The Labute approximate surface area is 177 Å². The first-order chi connectivity index (χ1) is 15.1. The van der Waals surface area contributed by atoms with Gasteiger partial charge in [-0.05, 0) is 44.0 Å². The van der Waals surface area contributed by atoms with Crippen molar-refractivity contribution in [3.05, 3.63) is 66.2 Å². The number of hydrogen-bond donors (Lipinski definition) is 0. The topological polar surface area (TPSA) is 86.3 Å². The van der Waals surface area contributed by atoms with Crippen LogP contribution in [0, 0.1) is 5.82 Å². The molecule has 1 aliphatic rings. The number of halogens is 1. The first-order valence-corrected chi connectivity index (χ1v) is 10.1. The second kappa shape index (κ2) is 7.82. The number of para-hydroxylation sites is 3. The van der Waals surface area contributed by atoms with Gasteiger partial charge in [0.1, 0.15) is 17.3 Å². The summed E-state index contributed by atoms with van der Waals surface area (Å²) in [7, 11) is 0. The minimum absolute atomic E-state index is 0.0340. The molecule has 0 aliphatic carbocycles. The average molecular weight is 421 g/mol. The quantitative estimate of drug-likeness (QED) is 0.500. The van der Waals surface area contributed by atoms with Gasteiger partial charge in [0.15, 0.2) is 11.4 Å². The Balaban J connectivity index is 1.41. The van der Waals surface area contributed by atoms with E-state index in [0.29, 0.717) is 17.6 Å². The van der Waals surface area contributed by atoms with E-state index in [1.807, 2.05) is 31.2 Å². The second-order valence-electron chi connectivity index (χ2n) is 7.44. The summed E-state index contributed by atoms with van der Waals surface area (Å²) in [6.45, 7) is 2.45. The molecule has 158 valence electrons. The molecular formula is C22H20FN5O3. The Morgan fingerprint density at radius 1 is 1.16 bits per heavy atom. The van der Waals surface area contributed by atoms with Gasteiger partial charge in [-0.1, -0.05) is 18.2 Å². The SMILES string of the molecule is C[C@H]1[C@H](Oc2nc3ccccc3o2)CCCN1C(=O)c1cccc(F)c1-n1nccn1. The normalized spacial score (nSPS) is 19.0. The van der Waals surface area contributed by atoms with Gasteiger partial charge in [-0.3, -0.25) is 4.79 Å². The van der Waals surface area contributed by atoms with Crippen LogP contribution in [0.4, 0.5) is 4.39 Å². The van der Waals surface area contributed by atoms with Crippen molar-refractivity contribution in [1.29, 1.82) is 0 Å². The fraction of sp³-hybridized carbons (Fsp3) is 0.273. The number of likely N-dealkylation sites (tertiary alicyclic amines) is 1. The van der Waals surface area contributed by atoms with Crippen LogP contribution >= 0.6 is 0 Å². The predicted molar refractivity (Wildman–Crippen MR) is 109 cm³/mol. The Morgan fingerprint density at radius 2 is 1.97 bits per heavy atom. The number of carbonyl (C=O) groups is 1. The number of piperidine rings is 1. The first-order valence-electron chi connectivity index (χ1n) is 10.1. The maximum Gasteiger partial charge on any atom is 0.394 e. The van der Waals surface area contributed by atoms with E-state index in [1.165, 1.54) is 24.5 Å². The lowest BCUT2D eigenvalue weighted by atomic mass is 9.98. The van der Waals surface area contributed by atoms with Crippen LogP contribution in [0.2, 0.25) is 0 Å². The molecule has 5 rings (SSSR count). The first kappa shape index (κ1) is 19.2. The van der Waals surface area contributed by atoms with Crippen LogP contribution in [0.5, 0.6) is 6.08 Å². The summed E-state index contributed by atoms with van der Waals surface area (Å²) >= 11 is 0. The lowest BCUT2D eigenvalue weighted by Crippen LogP contribution is -2.51. The zero-order valence-electron chi connectivity index (χ0n) is 16.8. The van der Waals surface area contributed by atoms with Crippen LogP contribution in [0.15, 0.2) is 59.3 Å². The minimum Gasteiger partial charge on any atom is -0.445 e. The Kier molecular flexibility index (Phi) is 4.85. The third kappa shape index (κ3) is 3.52. The number of aromatic nitrogens is 4. The summed E-state index contributed by atoms with van der Waals surface area (Å²) < 4.78 is 26.3. The van der Waals surface area contributed by atoms with Crippen LogP contribution in [0.25, 0.3) is 16.8 Å². The van der Waals surface area contributed by atoms with Crippen LogP contribution in [-0.4, -0.2) is 49.5 Å². The van der Waals surface area contributed by atoms with Crippen molar-refractivity contribution in [3.8, 4) is 11.8 Å². The van der Waals surface area contributed by atoms with E-state index in [1.54, 1.807) is 11.0 Å². The highest BCUT2D eigenvalue weighted by atomic mass is 19.1. The van der Waals surface area contributed by atoms with E-state index in [0.717, 1.165) is 17.6 Å². The maximum absolute atomic E-state index is 14.6. The van der Waals surface area contributed by atoms with E-state index < -0.39 is 5.82 Å². The van der Waals surface area contributed by atoms with E-state index in [-0.39, 0.29) is 35.4 Å². The molecule has 0 N–H and O–H groups in total. The van der Waals surface area contributed by atoms with Crippen LogP contribution in [0.1, 0.15) is 30.1 Å². The molecule has 0 saturated carbocycles. The number of amides is 1. The molecule has 1 saturated heterocycles. The van der Waals surface area contributed by atoms with Crippen LogP contribution in [-0.2, 0) is 0 Å². The highest BCUT2D eigenvalue weighted by molar-refractivity contribution is 5.98. The molecule has 9 heteroatoms. The molecule has 4 aromatic rings. The largest absolute Gasteiger partial charge is 0.445 e.